The number of imidazole rings is 1. The normalized spacial score (nSPS) is 15.8. The Kier molecular flexibility index (Phi) is 2.55. The van der Waals surface area contributed by atoms with E-state index < -0.39 is 0 Å². The maximum atomic E-state index is 4.48. The Morgan fingerprint density at radius 1 is 1.21 bits per heavy atom. The molecule has 0 saturated heterocycles. The minimum atomic E-state index is 0.117. The van der Waals surface area contributed by atoms with Gasteiger partial charge in [-0.25, -0.2) is 9.98 Å². The van der Waals surface area contributed by atoms with Gasteiger partial charge < -0.3 is 0 Å². The molecule has 0 unspecified atom stereocenters. The van der Waals surface area contributed by atoms with Gasteiger partial charge in [-0.15, -0.1) is 0 Å². The topological polar surface area (TPSA) is 42.0 Å². The van der Waals surface area contributed by atoms with Crippen LogP contribution in [0, 0.1) is 0 Å². The lowest BCUT2D eigenvalue weighted by Crippen LogP contribution is -2.12. The maximum Gasteiger partial charge on any atom is 0.173 e. The highest BCUT2D eigenvalue weighted by atomic mass is 15.1. The number of amidine groups is 1. The summed E-state index contributed by atoms with van der Waals surface area (Å²) < 4.78 is 2.08. The van der Waals surface area contributed by atoms with Gasteiger partial charge in [0, 0.05) is 11.9 Å². The highest BCUT2D eigenvalue weighted by molar-refractivity contribution is 6.10. The van der Waals surface area contributed by atoms with Crippen molar-refractivity contribution in [3.63, 3.8) is 0 Å². The lowest BCUT2D eigenvalue weighted by molar-refractivity contribution is 0.586. The van der Waals surface area contributed by atoms with Crippen molar-refractivity contribution < 1.29 is 0 Å². The number of hydrogen-bond donors (Lipinski definition) is 0. The van der Waals surface area contributed by atoms with E-state index >= 15 is 0 Å². The van der Waals surface area contributed by atoms with Crippen LogP contribution in [0.3, 0.4) is 0 Å². The van der Waals surface area contributed by atoms with E-state index in [4.69, 9.17) is 0 Å². The molecule has 3 heterocycles. The molecule has 0 fully saturated rings. The third-order valence-electron chi connectivity index (χ3n) is 3.36. The van der Waals surface area contributed by atoms with Crippen LogP contribution in [0.4, 0.5) is 0 Å². The molecule has 0 amide bonds. The first kappa shape index (κ1) is 12.1. The quantitative estimate of drug-likeness (QED) is 0.771. The summed E-state index contributed by atoms with van der Waals surface area (Å²) in [4.78, 5) is 13.4. The number of aromatic nitrogens is 2. The molecular formula is C15H18N4. The van der Waals surface area contributed by atoms with Crippen LogP contribution in [0.15, 0.2) is 34.5 Å². The molecule has 1 aliphatic heterocycles. The molecule has 19 heavy (non-hydrogen) atoms. The van der Waals surface area contributed by atoms with E-state index in [1.165, 1.54) is 5.56 Å². The Morgan fingerprint density at radius 2 is 2.00 bits per heavy atom. The van der Waals surface area contributed by atoms with Gasteiger partial charge in [0.2, 0.25) is 0 Å². The molecule has 1 aliphatic rings. The van der Waals surface area contributed by atoms with Gasteiger partial charge in [0.15, 0.2) is 5.84 Å². The maximum absolute atomic E-state index is 4.48. The van der Waals surface area contributed by atoms with Crippen LogP contribution in [-0.4, -0.2) is 27.5 Å². The SMILES string of the molecule is CC1=NC(c2cnc3ccc(C(C)(C)C)cn23)=NC1. The molecule has 0 bridgehead atoms. The highest BCUT2D eigenvalue weighted by Gasteiger charge is 2.17. The number of pyridine rings is 1. The zero-order chi connectivity index (χ0) is 13.6. The number of hydrogen-bond acceptors (Lipinski definition) is 3. The molecule has 0 aliphatic carbocycles. The Labute approximate surface area is 112 Å². The summed E-state index contributed by atoms with van der Waals surface area (Å²) in [6.45, 7) is 9.32. The first-order valence-electron chi connectivity index (χ1n) is 6.52. The van der Waals surface area contributed by atoms with Crippen molar-refractivity contribution >= 4 is 17.2 Å². The summed E-state index contributed by atoms with van der Waals surface area (Å²) in [6, 6.07) is 4.19. The number of fused-ring (bicyclic) bond motifs is 1. The van der Waals surface area contributed by atoms with E-state index in [1.807, 2.05) is 13.1 Å². The summed E-state index contributed by atoms with van der Waals surface area (Å²) in [5.41, 5.74) is 4.35. The third kappa shape index (κ3) is 2.07. The van der Waals surface area contributed by atoms with Crippen molar-refractivity contribution in [2.45, 2.75) is 33.1 Å². The van der Waals surface area contributed by atoms with Gasteiger partial charge in [-0.1, -0.05) is 26.8 Å². The van der Waals surface area contributed by atoms with Gasteiger partial charge in [-0.3, -0.25) is 9.39 Å². The summed E-state index contributed by atoms with van der Waals surface area (Å²) in [6.07, 6.45) is 3.99. The second-order valence-electron chi connectivity index (χ2n) is 6.03. The molecule has 4 heteroatoms. The summed E-state index contributed by atoms with van der Waals surface area (Å²) in [5.74, 6) is 0.788. The summed E-state index contributed by atoms with van der Waals surface area (Å²) in [5, 5.41) is 0. The lowest BCUT2D eigenvalue weighted by Gasteiger charge is -2.19. The molecule has 0 atom stereocenters. The molecule has 0 saturated carbocycles. The third-order valence-corrected chi connectivity index (χ3v) is 3.36. The Hall–Kier alpha value is -1.97. The monoisotopic (exact) mass is 254 g/mol. The smallest absolute Gasteiger partial charge is 0.173 e. The molecule has 98 valence electrons. The first-order valence-corrected chi connectivity index (χ1v) is 6.52. The fourth-order valence-electron chi connectivity index (χ4n) is 2.17. The Balaban J connectivity index is 2.17. The predicted octanol–water partition coefficient (Wildman–Crippen LogP) is 2.85. The molecule has 3 rings (SSSR count). The molecule has 0 N–H and O–H groups in total. The average Bonchev–Trinajstić information content (AvgIpc) is 2.92. The zero-order valence-electron chi connectivity index (χ0n) is 11.8. The highest BCUT2D eigenvalue weighted by Crippen LogP contribution is 2.23. The van der Waals surface area contributed by atoms with Crippen molar-refractivity contribution in [2.75, 3.05) is 6.54 Å². The van der Waals surface area contributed by atoms with E-state index in [-0.39, 0.29) is 5.41 Å². The predicted molar refractivity (Wildman–Crippen MR) is 78.4 cm³/mol. The van der Waals surface area contributed by atoms with Crippen molar-refractivity contribution in [1.82, 2.24) is 9.38 Å². The van der Waals surface area contributed by atoms with Gasteiger partial charge >= 0.3 is 0 Å². The molecule has 0 radical (unpaired) electrons. The molecule has 4 nitrogen and oxygen atoms in total. The van der Waals surface area contributed by atoms with Crippen molar-refractivity contribution in [2.24, 2.45) is 9.98 Å². The van der Waals surface area contributed by atoms with Crippen LogP contribution >= 0.6 is 0 Å². The second kappa shape index (κ2) is 4.02. The molecule has 0 aromatic carbocycles. The van der Waals surface area contributed by atoms with Gasteiger partial charge in [-0.05, 0) is 24.0 Å². The van der Waals surface area contributed by atoms with Gasteiger partial charge in [-0.2, -0.15) is 0 Å². The van der Waals surface area contributed by atoms with Gasteiger partial charge in [0.25, 0.3) is 0 Å². The van der Waals surface area contributed by atoms with E-state index in [9.17, 15) is 0 Å². The fourth-order valence-corrected chi connectivity index (χ4v) is 2.17. The van der Waals surface area contributed by atoms with E-state index in [0.29, 0.717) is 6.54 Å². The summed E-state index contributed by atoms with van der Waals surface area (Å²) >= 11 is 0. The van der Waals surface area contributed by atoms with Crippen LogP contribution in [0.1, 0.15) is 39.0 Å². The van der Waals surface area contributed by atoms with Crippen molar-refractivity contribution in [1.29, 1.82) is 0 Å². The molecule has 0 spiro atoms. The number of aliphatic imine (C=N–C) groups is 2. The summed E-state index contributed by atoms with van der Waals surface area (Å²) in [7, 11) is 0. The van der Waals surface area contributed by atoms with Gasteiger partial charge in [0.05, 0.1) is 12.7 Å². The van der Waals surface area contributed by atoms with Crippen LogP contribution < -0.4 is 0 Å². The van der Waals surface area contributed by atoms with E-state index in [1.54, 1.807) is 0 Å². The molecule has 2 aromatic rings. The van der Waals surface area contributed by atoms with Crippen LogP contribution in [0.5, 0.6) is 0 Å². The van der Waals surface area contributed by atoms with Crippen molar-refractivity contribution in [3.8, 4) is 0 Å². The van der Waals surface area contributed by atoms with Crippen LogP contribution in [0.25, 0.3) is 5.65 Å². The first-order chi connectivity index (χ1) is 8.95. The van der Waals surface area contributed by atoms with Gasteiger partial charge in [0.1, 0.15) is 11.3 Å². The molecule has 2 aromatic heterocycles. The standard InChI is InChI=1S/C15H18N4/c1-10-7-17-14(18-10)12-8-16-13-6-5-11(9-19(12)13)15(2,3)4/h5-6,8-9H,7H2,1-4H3. The number of nitrogens with zero attached hydrogens (tertiary/aromatic N) is 4. The Morgan fingerprint density at radius 3 is 2.63 bits per heavy atom. The van der Waals surface area contributed by atoms with E-state index in [0.717, 1.165) is 22.9 Å². The number of rotatable bonds is 1. The largest absolute Gasteiger partial charge is 0.297 e. The Bertz CT molecular complexity index is 698. The minimum absolute atomic E-state index is 0.117. The van der Waals surface area contributed by atoms with Crippen LogP contribution in [-0.2, 0) is 5.41 Å². The van der Waals surface area contributed by atoms with Crippen molar-refractivity contribution in [3.05, 3.63) is 35.8 Å². The minimum Gasteiger partial charge on any atom is -0.297 e. The molecular weight excluding hydrogens is 236 g/mol. The lowest BCUT2D eigenvalue weighted by atomic mass is 9.88. The fraction of sp³-hybridized carbons (Fsp3) is 0.400. The average molecular weight is 254 g/mol. The second-order valence-corrected chi connectivity index (χ2v) is 6.03. The van der Waals surface area contributed by atoms with E-state index in [2.05, 4.69) is 58.5 Å². The van der Waals surface area contributed by atoms with Crippen LogP contribution in [0.2, 0.25) is 0 Å². The zero-order valence-corrected chi connectivity index (χ0v) is 11.8.